The van der Waals surface area contributed by atoms with E-state index in [0.29, 0.717) is 0 Å². The third-order valence-electron chi connectivity index (χ3n) is 9.69. The molecule has 0 radical (unpaired) electrons. The Hall–Kier alpha value is -4.50. The Labute approximate surface area is 246 Å². The molecule has 1 unspecified atom stereocenters. The van der Waals surface area contributed by atoms with Crippen molar-refractivity contribution in [3.8, 4) is 22.5 Å². The van der Waals surface area contributed by atoms with Gasteiger partial charge in [0.15, 0.2) is 12.4 Å². The maximum atomic E-state index is 6.99. The highest BCUT2D eigenvalue weighted by atomic mass is 16.3. The van der Waals surface area contributed by atoms with Crippen LogP contribution in [0, 0.1) is 19.3 Å². The summed E-state index contributed by atoms with van der Waals surface area (Å²) in [4.78, 5) is 0. The molecule has 3 nitrogen and oxygen atoms in total. The van der Waals surface area contributed by atoms with Crippen LogP contribution in [0.3, 0.4) is 0 Å². The van der Waals surface area contributed by atoms with Crippen molar-refractivity contribution >= 4 is 28.0 Å². The van der Waals surface area contributed by atoms with E-state index in [0.717, 1.165) is 24.0 Å². The molecule has 0 bridgehead atoms. The zero-order valence-electron chi connectivity index (χ0n) is 24.9. The second-order valence-corrected chi connectivity index (χ2v) is 13.7. The first kappa shape index (κ1) is 24.1. The molecule has 0 N–H and O–H groups in total. The Morgan fingerprint density at radius 1 is 0.810 bits per heavy atom. The molecule has 3 heteroatoms. The van der Waals surface area contributed by atoms with E-state index in [1.165, 1.54) is 72.2 Å². The molecule has 3 aromatic carbocycles. The molecule has 204 valence electrons. The molecule has 42 heavy (non-hydrogen) atoms. The van der Waals surface area contributed by atoms with E-state index in [1.807, 2.05) is 0 Å². The highest BCUT2D eigenvalue weighted by Crippen LogP contribution is 2.51. The Bertz CT molecular complexity index is 2210. The van der Waals surface area contributed by atoms with E-state index >= 15 is 0 Å². The van der Waals surface area contributed by atoms with Crippen LogP contribution in [0.2, 0.25) is 0 Å². The van der Waals surface area contributed by atoms with E-state index in [9.17, 15) is 0 Å². The first-order valence-electron chi connectivity index (χ1n) is 15.1. The number of furan rings is 1. The second-order valence-electron chi connectivity index (χ2n) is 13.7. The lowest BCUT2D eigenvalue weighted by atomic mass is 9.86. The molecule has 1 atom stereocenters. The largest absolute Gasteiger partial charge is 0.454 e. The zero-order valence-corrected chi connectivity index (χ0v) is 24.9. The van der Waals surface area contributed by atoms with Crippen molar-refractivity contribution in [3.05, 3.63) is 124 Å². The van der Waals surface area contributed by atoms with Crippen LogP contribution in [-0.2, 0) is 18.5 Å². The summed E-state index contributed by atoms with van der Waals surface area (Å²) < 4.78 is 12.1. The molecule has 5 heterocycles. The lowest BCUT2D eigenvalue weighted by Crippen LogP contribution is -2.71. The van der Waals surface area contributed by atoms with Crippen molar-refractivity contribution in [2.75, 3.05) is 0 Å². The minimum absolute atomic E-state index is 0.180. The van der Waals surface area contributed by atoms with Crippen molar-refractivity contribution in [1.29, 1.82) is 0 Å². The Morgan fingerprint density at radius 3 is 2.45 bits per heavy atom. The van der Waals surface area contributed by atoms with Gasteiger partial charge in [-0.25, -0.2) is 0 Å². The molecule has 0 fully saturated rings. The van der Waals surface area contributed by atoms with Gasteiger partial charge < -0.3 is 4.42 Å². The Morgan fingerprint density at radius 2 is 1.60 bits per heavy atom. The highest BCUT2D eigenvalue weighted by molar-refractivity contribution is 6.12. The Balaban J connectivity index is 1.47. The third-order valence-corrected chi connectivity index (χ3v) is 9.69. The number of rotatable bonds is 1. The van der Waals surface area contributed by atoms with E-state index in [1.54, 1.807) is 0 Å². The number of hydrogen-bond acceptors (Lipinski definition) is 1. The van der Waals surface area contributed by atoms with Gasteiger partial charge in [-0.2, -0.15) is 0 Å². The van der Waals surface area contributed by atoms with Gasteiger partial charge in [0.1, 0.15) is 27.9 Å². The summed E-state index contributed by atoms with van der Waals surface area (Å²) in [6, 6.07) is 25.2. The minimum atomic E-state index is -0.539. The fraction of sp³-hybridized carbons (Fsp3) is 0.231. The monoisotopic (exact) mass is 546 g/mol. The molecular weight excluding hydrogens is 512 g/mol. The lowest BCUT2D eigenvalue weighted by Gasteiger charge is -2.21. The van der Waals surface area contributed by atoms with Gasteiger partial charge in [0, 0.05) is 39.6 Å². The van der Waals surface area contributed by atoms with Crippen molar-refractivity contribution in [3.63, 3.8) is 0 Å². The zero-order chi connectivity index (χ0) is 28.5. The SMILES string of the molecule is Cc1ccc2[n+](c1)C1(c3ccccc3-2)c2ccc3c(oc4c5c(ccc43)CC=C5)c2-c2cc(CC(C)(C)C)c(C)c[n+]21. The van der Waals surface area contributed by atoms with Gasteiger partial charge in [-0.3, -0.25) is 0 Å². The molecule has 6 aromatic rings. The molecule has 3 aliphatic rings. The van der Waals surface area contributed by atoms with Crippen molar-refractivity contribution in [1.82, 2.24) is 0 Å². The molecule has 9 rings (SSSR count). The normalized spacial score (nSPS) is 17.6. The van der Waals surface area contributed by atoms with Crippen molar-refractivity contribution in [2.45, 2.75) is 53.1 Å². The number of aryl methyl sites for hydroxylation is 2. The first-order chi connectivity index (χ1) is 20.3. The van der Waals surface area contributed by atoms with Crippen molar-refractivity contribution in [2.24, 2.45) is 5.41 Å². The molecular formula is C39H34N2O+2. The smallest absolute Gasteiger partial charge is 0.417 e. The van der Waals surface area contributed by atoms with Crippen LogP contribution in [0.1, 0.15) is 59.7 Å². The van der Waals surface area contributed by atoms with Gasteiger partial charge in [0.2, 0.25) is 11.4 Å². The number of aromatic nitrogens is 2. The summed E-state index contributed by atoms with van der Waals surface area (Å²) in [5, 5.41) is 2.39. The lowest BCUT2D eigenvalue weighted by molar-refractivity contribution is -0.955. The van der Waals surface area contributed by atoms with Crippen LogP contribution in [0.25, 0.3) is 50.5 Å². The van der Waals surface area contributed by atoms with E-state index in [4.69, 9.17) is 4.42 Å². The fourth-order valence-corrected chi connectivity index (χ4v) is 7.98. The van der Waals surface area contributed by atoms with E-state index in [2.05, 4.69) is 135 Å². The minimum Gasteiger partial charge on any atom is -0.454 e. The maximum absolute atomic E-state index is 6.99. The molecule has 1 aliphatic carbocycles. The summed E-state index contributed by atoms with van der Waals surface area (Å²) in [5.74, 6) is 0. The van der Waals surface area contributed by atoms with Crippen LogP contribution < -0.4 is 9.13 Å². The summed E-state index contributed by atoms with van der Waals surface area (Å²) in [6.07, 6.45) is 11.2. The van der Waals surface area contributed by atoms with Crippen LogP contribution in [0.5, 0.6) is 0 Å². The predicted molar refractivity (Wildman–Crippen MR) is 168 cm³/mol. The van der Waals surface area contributed by atoms with Crippen LogP contribution in [0.15, 0.2) is 89.6 Å². The fourth-order valence-electron chi connectivity index (χ4n) is 7.98. The summed E-state index contributed by atoms with van der Waals surface area (Å²) in [6.45, 7) is 11.5. The van der Waals surface area contributed by atoms with Crippen LogP contribution in [0.4, 0.5) is 0 Å². The van der Waals surface area contributed by atoms with Crippen LogP contribution in [-0.4, -0.2) is 0 Å². The molecule has 1 spiro atoms. The van der Waals surface area contributed by atoms with Crippen LogP contribution >= 0.6 is 0 Å². The summed E-state index contributed by atoms with van der Waals surface area (Å²) in [5.41, 5.74) is 15.7. The molecule has 3 aromatic heterocycles. The average Bonchev–Trinajstić information content (AvgIpc) is 3.70. The number of fused-ring (bicyclic) bond motifs is 16. The molecule has 0 amide bonds. The van der Waals surface area contributed by atoms with Crippen molar-refractivity contribution < 1.29 is 13.6 Å². The standard InChI is InChI=1S/C39H34N2O/c1-23-13-18-33-30-10-6-7-12-31(30)39(40(33)21-23)32-17-16-29-28-15-14-25-9-8-11-27(25)36(28)42-37(29)35(32)34-19-26(20-38(3,4)5)24(2)22-41(34)39/h6-8,10-19,21-22H,9,20H2,1-5H3/q+2. The quantitative estimate of drug-likeness (QED) is 0.190. The first-order valence-corrected chi connectivity index (χ1v) is 15.1. The maximum Gasteiger partial charge on any atom is 0.417 e. The third kappa shape index (κ3) is 2.91. The topological polar surface area (TPSA) is 20.9 Å². The number of benzene rings is 3. The van der Waals surface area contributed by atoms with Gasteiger partial charge in [0.25, 0.3) is 0 Å². The van der Waals surface area contributed by atoms with E-state index in [-0.39, 0.29) is 5.41 Å². The van der Waals surface area contributed by atoms with Gasteiger partial charge in [-0.05, 0) is 73.6 Å². The number of hydrogen-bond donors (Lipinski definition) is 0. The molecule has 0 saturated heterocycles. The number of nitrogens with zero attached hydrogens (tertiary/aromatic N) is 2. The predicted octanol–water partition coefficient (Wildman–Crippen LogP) is 8.19. The van der Waals surface area contributed by atoms with Gasteiger partial charge in [0.05, 0.1) is 5.56 Å². The molecule has 2 aliphatic heterocycles. The second kappa shape index (κ2) is 7.86. The van der Waals surface area contributed by atoms with Gasteiger partial charge in [-0.1, -0.05) is 57.2 Å². The van der Waals surface area contributed by atoms with Gasteiger partial charge in [-0.15, -0.1) is 9.13 Å². The highest BCUT2D eigenvalue weighted by Gasteiger charge is 2.67. The summed E-state index contributed by atoms with van der Waals surface area (Å²) >= 11 is 0. The molecule has 0 saturated carbocycles. The van der Waals surface area contributed by atoms with E-state index < -0.39 is 5.66 Å². The van der Waals surface area contributed by atoms with Gasteiger partial charge >= 0.3 is 5.66 Å². The number of pyridine rings is 2. The average molecular weight is 547 g/mol. The summed E-state index contributed by atoms with van der Waals surface area (Å²) in [7, 11) is 0. The number of allylic oxidation sites excluding steroid dienone is 1. The Kier molecular flexibility index (Phi) is 4.52.